The van der Waals surface area contributed by atoms with Gasteiger partial charge in [0, 0.05) is 56.9 Å². The number of halogens is 1. The fourth-order valence-corrected chi connectivity index (χ4v) is 4.91. The normalized spacial score (nSPS) is 16.9. The lowest BCUT2D eigenvalue weighted by molar-refractivity contribution is -0.102. The first kappa shape index (κ1) is 22.1. The van der Waals surface area contributed by atoms with Gasteiger partial charge in [-0.2, -0.15) is 4.39 Å². The van der Waals surface area contributed by atoms with Gasteiger partial charge in [0.15, 0.2) is 0 Å². The zero-order chi connectivity index (χ0) is 24.0. The molecule has 0 atom stereocenters. The Bertz CT molecular complexity index is 1360. The molecule has 0 aliphatic carbocycles. The highest BCUT2D eigenvalue weighted by molar-refractivity contribution is 5.96. The van der Waals surface area contributed by atoms with Crippen LogP contribution in [0.3, 0.4) is 0 Å². The zero-order valence-electron chi connectivity index (χ0n) is 19.0. The van der Waals surface area contributed by atoms with E-state index in [-0.39, 0.29) is 22.2 Å². The van der Waals surface area contributed by atoms with Crippen LogP contribution in [0.15, 0.2) is 35.3 Å². The number of hydrogen-bond donors (Lipinski definition) is 2. The van der Waals surface area contributed by atoms with Gasteiger partial charge in [-0.15, -0.1) is 0 Å². The number of carbonyl (C=O) groups is 2. The van der Waals surface area contributed by atoms with Crippen molar-refractivity contribution in [1.82, 2.24) is 30.1 Å². The van der Waals surface area contributed by atoms with Crippen molar-refractivity contribution in [2.24, 2.45) is 5.41 Å². The van der Waals surface area contributed by atoms with E-state index in [2.05, 4.69) is 25.2 Å². The molecule has 3 aromatic rings. The summed E-state index contributed by atoms with van der Waals surface area (Å²) in [5.41, 5.74) is 3.00. The Morgan fingerprint density at radius 3 is 2.65 bits per heavy atom. The predicted molar refractivity (Wildman–Crippen MR) is 123 cm³/mol. The Morgan fingerprint density at radius 1 is 1.21 bits per heavy atom. The largest absolute Gasteiger partial charge is 0.354 e. The molecule has 2 amide bonds. The van der Waals surface area contributed by atoms with Gasteiger partial charge in [-0.25, -0.2) is 4.98 Å². The van der Waals surface area contributed by atoms with Crippen molar-refractivity contribution >= 4 is 22.8 Å². The number of amides is 2. The van der Waals surface area contributed by atoms with Crippen LogP contribution in [-0.2, 0) is 13.0 Å². The highest BCUT2D eigenvalue weighted by Crippen LogP contribution is 2.41. The Balaban J connectivity index is 1.18. The molecule has 9 nitrogen and oxygen atoms in total. The molecule has 176 valence electrons. The molecule has 0 radical (unpaired) electrons. The molecule has 10 heteroatoms. The number of pyridine rings is 3. The monoisotopic (exact) mass is 464 g/mol. The van der Waals surface area contributed by atoms with Crippen molar-refractivity contribution in [3.63, 3.8) is 0 Å². The van der Waals surface area contributed by atoms with E-state index in [0.29, 0.717) is 26.1 Å². The number of H-pyrrole nitrogens is 1. The van der Waals surface area contributed by atoms with E-state index in [1.807, 2.05) is 25.3 Å². The molecule has 5 heterocycles. The Kier molecular flexibility index (Phi) is 5.40. The van der Waals surface area contributed by atoms with Crippen LogP contribution in [-0.4, -0.2) is 69.8 Å². The molecule has 2 aliphatic heterocycles. The smallest absolute Gasteiger partial charge is 0.269 e. The first-order chi connectivity index (χ1) is 16.3. The first-order valence-electron chi connectivity index (χ1n) is 11.2. The van der Waals surface area contributed by atoms with Gasteiger partial charge in [0.2, 0.25) is 5.95 Å². The lowest BCUT2D eigenvalue weighted by atomic mass is 9.72. The lowest BCUT2D eigenvalue weighted by Crippen LogP contribution is -2.72. The van der Waals surface area contributed by atoms with Gasteiger partial charge < -0.3 is 15.2 Å². The van der Waals surface area contributed by atoms with Crippen LogP contribution in [0.25, 0.3) is 11.0 Å². The maximum absolute atomic E-state index is 14.3. The SMILES string of the molecule is CCc1cc2ncc(CN3CC4(C3)CN(C(=O)c3ccc(C(=O)NC)nc3F)C4)cc2[nH]c1=O. The Morgan fingerprint density at radius 2 is 1.97 bits per heavy atom. The van der Waals surface area contributed by atoms with Gasteiger partial charge >= 0.3 is 0 Å². The number of aromatic amines is 1. The Labute approximate surface area is 195 Å². The summed E-state index contributed by atoms with van der Waals surface area (Å²) in [5.74, 6) is -1.85. The molecule has 0 unspecified atom stereocenters. The summed E-state index contributed by atoms with van der Waals surface area (Å²) < 4.78 is 14.3. The average molecular weight is 465 g/mol. The molecule has 0 bridgehead atoms. The van der Waals surface area contributed by atoms with Crippen molar-refractivity contribution in [3.8, 4) is 0 Å². The molecule has 0 saturated carbocycles. The molecule has 2 aliphatic rings. The third-order valence-electron chi connectivity index (χ3n) is 6.61. The molecular formula is C24H25FN6O3. The van der Waals surface area contributed by atoms with E-state index >= 15 is 0 Å². The number of likely N-dealkylation sites (tertiary alicyclic amines) is 2. The minimum atomic E-state index is -0.935. The van der Waals surface area contributed by atoms with Gasteiger partial charge in [-0.1, -0.05) is 6.92 Å². The maximum atomic E-state index is 14.3. The van der Waals surface area contributed by atoms with Crippen LogP contribution in [0, 0.1) is 11.4 Å². The van der Waals surface area contributed by atoms with E-state index < -0.39 is 17.8 Å². The molecule has 0 aromatic carbocycles. The predicted octanol–water partition coefficient (Wildman–Crippen LogP) is 1.34. The molecule has 34 heavy (non-hydrogen) atoms. The molecule has 3 aromatic heterocycles. The van der Waals surface area contributed by atoms with Crippen LogP contribution < -0.4 is 10.9 Å². The van der Waals surface area contributed by atoms with Crippen molar-refractivity contribution < 1.29 is 14.0 Å². The van der Waals surface area contributed by atoms with E-state index in [0.717, 1.165) is 35.2 Å². The lowest BCUT2D eigenvalue weighted by Gasteiger charge is -2.60. The Hall–Kier alpha value is -3.66. The number of fused-ring (bicyclic) bond motifs is 1. The summed E-state index contributed by atoms with van der Waals surface area (Å²) in [5, 5.41) is 2.38. The molecule has 5 rings (SSSR count). The van der Waals surface area contributed by atoms with Crippen LogP contribution >= 0.6 is 0 Å². The summed E-state index contributed by atoms with van der Waals surface area (Å²) in [7, 11) is 1.43. The van der Waals surface area contributed by atoms with E-state index in [1.165, 1.54) is 19.2 Å². The molecule has 2 fully saturated rings. The topological polar surface area (TPSA) is 111 Å². The second kappa shape index (κ2) is 8.28. The number of nitrogens with one attached hydrogen (secondary N) is 2. The molecule has 2 N–H and O–H groups in total. The number of hydrogen-bond acceptors (Lipinski definition) is 6. The van der Waals surface area contributed by atoms with Crippen molar-refractivity contribution in [2.45, 2.75) is 19.9 Å². The summed E-state index contributed by atoms with van der Waals surface area (Å²) in [6, 6.07) is 6.46. The minimum absolute atomic E-state index is 0.0240. The standard InChI is InChI=1S/C24H25FN6O3/c1-3-15-7-18-19(29-21(15)32)6-14(8-27-18)9-30-10-24(11-30)12-31(13-24)23(34)16-4-5-17(22(33)26-2)28-20(16)25/h4-8H,3,9-13H2,1-2H3,(H,26,33)(H,29,32). The van der Waals surface area contributed by atoms with Gasteiger partial charge in [0.25, 0.3) is 17.4 Å². The first-order valence-corrected chi connectivity index (χ1v) is 11.2. The van der Waals surface area contributed by atoms with Crippen LogP contribution in [0.2, 0.25) is 0 Å². The second-order valence-electron chi connectivity index (χ2n) is 9.17. The van der Waals surface area contributed by atoms with Crippen LogP contribution in [0.5, 0.6) is 0 Å². The summed E-state index contributed by atoms with van der Waals surface area (Å²) in [4.78, 5) is 51.3. The molecular weight excluding hydrogens is 439 g/mol. The third kappa shape index (κ3) is 3.83. The van der Waals surface area contributed by atoms with Gasteiger partial charge in [-0.3, -0.25) is 24.3 Å². The number of aryl methyl sites for hydroxylation is 1. The second-order valence-corrected chi connectivity index (χ2v) is 9.17. The van der Waals surface area contributed by atoms with Crippen LogP contribution in [0.1, 0.15) is 38.9 Å². The highest BCUT2D eigenvalue weighted by atomic mass is 19.1. The highest BCUT2D eigenvalue weighted by Gasteiger charge is 2.53. The van der Waals surface area contributed by atoms with Gasteiger partial charge in [-0.05, 0) is 36.2 Å². The summed E-state index contributed by atoms with van der Waals surface area (Å²) >= 11 is 0. The number of aromatic nitrogens is 3. The summed E-state index contributed by atoms with van der Waals surface area (Å²) in [6.45, 7) is 5.42. The minimum Gasteiger partial charge on any atom is -0.354 e. The number of carbonyl (C=O) groups excluding carboxylic acids is 2. The van der Waals surface area contributed by atoms with Gasteiger partial charge in [0.05, 0.1) is 16.6 Å². The fraction of sp³-hybridized carbons (Fsp3) is 0.375. The van der Waals surface area contributed by atoms with E-state index in [1.54, 1.807) is 4.90 Å². The molecule has 2 saturated heterocycles. The number of rotatable bonds is 5. The molecule has 1 spiro atoms. The van der Waals surface area contributed by atoms with E-state index in [4.69, 9.17) is 0 Å². The van der Waals surface area contributed by atoms with Crippen molar-refractivity contribution in [1.29, 1.82) is 0 Å². The third-order valence-corrected chi connectivity index (χ3v) is 6.61. The summed E-state index contributed by atoms with van der Waals surface area (Å²) in [6.07, 6.45) is 2.49. The van der Waals surface area contributed by atoms with E-state index in [9.17, 15) is 18.8 Å². The maximum Gasteiger partial charge on any atom is 0.269 e. The van der Waals surface area contributed by atoms with Crippen molar-refractivity contribution in [3.05, 3.63) is 69.1 Å². The van der Waals surface area contributed by atoms with Crippen molar-refractivity contribution in [2.75, 3.05) is 33.2 Å². The van der Waals surface area contributed by atoms with Crippen LogP contribution in [0.4, 0.5) is 4.39 Å². The zero-order valence-corrected chi connectivity index (χ0v) is 19.0. The number of nitrogens with zero attached hydrogens (tertiary/aromatic N) is 4. The quantitative estimate of drug-likeness (QED) is 0.552. The van der Waals surface area contributed by atoms with Gasteiger partial charge in [0.1, 0.15) is 5.69 Å². The average Bonchev–Trinajstić information content (AvgIpc) is 2.78. The fourth-order valence-electron chi connectivity index (χ4n) is 4.91.